The summed E-state index contributed by atoms with van der Waals surface area (Å²) in [6, 6.07) is 2.10. The van der Waals surface area contributed by atoms with E-state index in [9.17, 15) is 0 Å². The van der Waals surface area contributed by atoms with Gasteiger partial charge in [-0.3, -0.25) is 4.98 Å². The third-order valence-electron chi connectivity index (χ3n) is 4.26. The van der Waals surface area contributed by atoms with Crippen molar-refractivity contribution in [1.82, 2.24) is 4.98 Å². The number of hydrogen-bond acceptors (Lipinski definition) is 3. The minimum Gasteiger partial charge on any atom is -0.489 e. The molecule has 106 valence electrons. The third kappa shape index (κ3) is 3.27. The smallest absolute Gasteiger partial charge is 0.138 e. The van der Waals surface area contributed by atoms with E-state index in [4.69, 9.17) is 10.5 Å². The molecule has 1 heterocycles. The van der Waals surface area contributed by atoms with Crippen LogP contribution in [0.1, 0.15) is 58.6 Å². The maximum Gasteiger partial charge on any atom is 0.138 e. The van der Waals surface area contributed by atoms with Crippen LogP contribution in [0.4, 0.5) is 0 Å². The van der Waals surface area contributed by atoms with E-state index in [1.165, 1.54) is 19.3 Å². The van der Waals surface area contributed by atoms with E-state index in [0.717, 1.165) is 11.3 Å². The largest absolute Gasteiger partial charge is 0.489 e. The Hall–Kier alpha value is -1.09. The Morgan fingerprint density at radius 1 is 1.37 bits per heavy atom. The van der Waals surface area contributed by atoms with Gasteiger partial charge in [0.05, 0.1) is 12.3 Å². The summed E-state index contributed by atoms with van der Waals surface area (Å²) in [5, 5.41) is 0. The van der Waals surface area contributed by atoms with Gasteiger partial charge in [0.25, 0.3) is 0 Å². The van der Waals surface area contributed by atoms with E-state index in [-0.39, 0.29) is 12.1 Å². The highest BCUT2D eigenvalue weighted by atomic mass is 16.5. The molecule has 1 aliphatic carbocycles. The molecule has 0 bridgehead atoms. The van der Waals surface area contributed by atoms with Crippen molar-refractivity contribution in [3.63, 3.8) is 0 Å². The van der Waals surface area contributed by atoms with Crippen LogP contribution in [0, 0.1) is 11.3 Å². The quantitative estimate of drug-likeness (QED) is 0.900. The Morgan fingerprint density at radius 2 is 2.11 bits per heavy atom. The molecule has 1 aromatic heterocycles. The van der Waals surface area contributed by atoms with Gasteiger partial charge in [0.2, 0.25) is 0 Å². The molecule has 3 heteroatoms. The van der Waals surface area contributed by atoms with Crippen molar-refractivity contribution >= 4 is 0 Å². The van der Waals surface area contributed by atoms with Crippen LogP contribution >= 0.6 is 0 Å². The van der Waals surface area contributed by atoms with Gasteiger partial charge in [-0.2, -0.15) is 0 Å². The lowest BCUT2D eigenvalue weighted by Crippen LogP contribution is -2.29. The minimum atomic E-state index is 0.0562. The fraction of sp³-hybridized carbons (Fsp3) is 0.688. The standard InChI is InChI=1S/C16H26N2O/c1-11(2)19-13-8-12(9-18-10-13)15(17)14-6-5-7-16(14,3)4/h8-11,14-15H,5-7,17H2,1-4H3. The summed E-state index contributed by atoms with van der Waals surface area (Å²) < 4.78 is 5.70. The van der Waals surface area contributed by atoms with Crippen LogP contribution < -0.4 is 10.5 Å². The Labute approximate surface area is 116 Å². The summed E-state index contributed by atoms with van der Waals surface area (Å²) in [6.45, 7) is 8.69. The van der Waals surface area contributed by atoms with E-state index in [2.05, 4.69) is 18.8 Å². The number of rotatable bonds is 4. The Balaban J connectivity index is 2.17. The lowest BCUT2D eigenvalue weighted by atomic mass is 9.76. The van der Waals surface area contributed by atoms with Crippen LogP contribution in [0.25, 0.3) is 0 Å². The first-order valence-corrected chi connectivity index (χ1v) is 7.27. The Kier molecular flexibility index (Phi) is 4.14. The zero-order valence-corrected chi connectivity index (χ0v) is 12.5. The molecule has 0 spiro atoms. The number of nitrogens with two attached hydrogens (primary N) is 1. The minimum absolute atomic E-state index is 0.0562. The van der Waals surface area contributed by atoms with Crippen molar-refractivity contribution in [3.05, 3.63) is 24.0 Å². The topological polar surface area (TPSA) is 48.1 Å². The Bertz CT molecular complexity index is 429. The molecule has 2 unspecified atom stereocenters. The van der Waals surface area contributed by atoms with Crippen molar-refractivity contribution < 1.29 is 4.74 Å². The van der Waals surface area contributed by atoms with Gasteiger partial charge in [-0.1, -0.05) is 20.3 Å². The summed E-state index contributed by atoms with van der Waals surface area (Å²) in [7, 11) is 0. The van der Waals surface area contributed by atoms with Gasteiger partial charge in [0, 0.05) is 12.2 Å². The molecule has 1 fully saturated rings. The van der Waals surface area contributed by atoms with Gasteiger partial charge in [0.15, 0.2) is 0 Å². The molecule has 0 amide bonds. The predicted molar refractivity (Wildman–Crippen MR) is 78.1 cm³/mol. The second-order valence-electron chi connectivity index (χ2n) is 6.63. The fourth-order valence-corrected chi connectivity index (χ4v) is 3.21. The third-order valence-corrected chi connectivity index (χ3v) is 4.26. The summed E-state index contributed by atoms with van der Waals surface area (Å²) in [5.41, 5.74) is 7.90. The summed E-state index contributed by atoms with van der Waals surface area (Å²) in [5.74, 6) is 1.35. The first kappa shape index (κ1) is 14.3. The van der Waals surface area contributed by atoms with Crippen LogP contribution in [0.5, 0.6) is 5.75 Å². The van der Waals surface area contributed by atoms with E-state index in [1.807, 2.05) is 26.1 Å². The SMILES string of the molecule is CC(C)Oc1cncc(C(N)C2CCCC2(C)C)c1. The second-order valence-corrected chi connectivity index (χ2v) is 6.63. The highest BCUT2D eigenvalue weighted by Crippen LogP contribution is 2.47. The molecule has 2 atom stereocenters. The van der Waals surface area contributed by atoms with Gasteiger partial charge in [-0.25, -0.2) is 0 Å². The number of hydrogen-bond donors (Lipinski definition) is 1. The van der Waals surface area contributed by atoms with Crippen molar-refractivity contribution in [2.75, 3.05) is 0 Å². The molecular weight excluding hydrogens is 236 g/mol. The fourth-order valence-electron chi connectivity index (χ4n) is 3.21. The molecule has 2 N–H and O–H groups in total. The van der Waals surface area contributed by atoms with Crippen LogP contribution in [0.2, 0.25) is 0 Å². The summed E-state index contributed by atoms with van der Waals surface area (Å²) in [6.07, 6.45) is 7.56. The lowest BCUT2D eigenvalue weighted by molar-refractivity contribution is 0.219. The molecule has 1 aliphatic rings. The number of nitrogens with zero attached hydrogens (tertiary/aromatic N) is 1. The monoisotopic (exact) mass is 262 g/mol. The number of pyridine rings is 1. The van der Waals surface area contributed by atoms with Crippen LogP contribution in [0.3, 0.4) is 0 Å². The predicted octanol–water partition coefficient (Wildman–Crippen LogP) is 3.69. The molecule has 1 saturated carbocycles. The molecule has 0 radical (unpaired) electrons. The van der Waals surface area contributed by atoms with Crippen LogP contribution in [-0.4, -0.2) is 11.1 Å². The van der Waals surface area contributed by atoms with E-state index in [1.54, 1.807) is 6.20 Å². The molecular formula is C16H26N2O. The normalized spacial score (nSPS) is 23.6. The highest BCUT2D eigenvalue weighted by Gasteiger charge is 2.38. The number of aromatic nitrogens is 1. The summed E-state index contributed by atoms with van der Waals surface area (Å²) >= 11 is 0. The average Bonchev–Trinajstić information content (AvgIpc) is 2.67. The maximum atomic E-state index is 6.48. The zero-order chi connectivity index (χ0) is 14.0. The zero-order valence-electron chi connectivity index (χ0n) is 12.5. The van der Waals surface area contributed by atoms with Crippen LogP contribution in [0.15, 0.2) is 18.5 Å². The maximum absolute atomic E-state index is 6.48. The molecule has 19 heavy (non-hydrogen) atoms. The second kappa shape index (κ2) is 5.49. The van der Waals surface area contributed by atoms with Crippen LogP contribution in [-0.2, 0) is 0 Å². The van der Waals surface area contributed by atoms with Crippen molar-refractivity contribution in [1.29, 1.82) is 0 Å². The Morgan fingerprint density at radius 3 is 2.68 bits per heavy atom. The molecule has 0 saturated heterocycles. The van der Waals surface area contributed by atoms with Gasteiger partial charge >= 0.3 is 0 Å². The van der Waals surface area contributed by atoms with Crippen molar-refractivity contribution in [2.45, 2.75) is 59.1 Å². The molecule has 0 aromatic carbocycles. The van der Waals surface area contributed by atoms with Gasteiger partial charge in [-0.05, 0) is 49.7 Å². The van der Waals surface area contributed by atoms with E-state index >= 15 is 0 Å². The van der Waals surface area contributed by atoms with Gasteiger partial charge < -0.3 is 10.5 Å². The van der Waals surface area contributed by atoms with E-state index < -0.39 is 0 Å². The van der Waals surface area contributed by atoms with Gasteiger partial charge in [-0.15, -0.1) is 0 Å². The average molecular weight is 262 g/mol. The van der Waals surface area contributed by atoms with Crippen molar-refractivity contribution in [3.8, 4) is 5.75 Å². The molecule has 2 rings (SSSR count). The molecule has 0 aliphatic heterocycles. The summed E-state index contributed by atoms with van der Waals surface area (Å²) in [4.78, 5) is 4.27. The van der Waals surface area contributed by atoms with E-state index in [0.29, 0.717) is 11.3 Å². The molecule has 1 aromatic rings. The first-order chi connectivity index (χ1) is 8.90. The lowest BCUT2D eigenvalue weighted by Gasteiger charge is -2.32. The molecule has 3 nitrogen and oxygen atoms in total. The highest BCUT2D eigenvalue weighted by molar-refractivity contribution is 5.27. The van der Waals surface area contributed by atoms with Crippen molar-refractivity contribution in [2.24, 2.45) is 17.1 Å². The van der Waals surface area contributed by atoms with Gasteiger partial charge in [0.1, 0.15) is 5.75 Å². The number of ether oxygens (including phenoxy) is 1. The first-order valence-electron chi connectivity index (χ1n) is 7.27.